The van der Waals surface area contributed by atoms with Gasteiger partial charge in [-0.1, -0.05) is 6.07 Å². The maximum atomic E-state index is 13.3. The Morgan fingerprint density at radius 1 is 1.22 bits per heavy atom. The van der Waals surface area contributed by atoms with Gasteiger partial charge in [0.05, 0.1) is 0 Å². The molecule has 0 unspecified atom stereocenters. The fraction of sp³-hybridized carbons (Fsp3) is 0.333. The van der Waals surface area contributed by atoms with Gasteiger partial charge in [-0.3, -0.25) is 0 Å². The first-order valence-electron chi connectivity index (χ1n) is 6.27. The second-order valence-electron chi connectivity index (χ2n) is 4.60. The van der Waals surface area contributed by atoms with Crippen LogP contribution in [0.2, 0.25) is 0 Å². The highest BCUT2D eigenvalue weighted by Crippen LogP contribution is 2.22. The van der Waals surface area contributed by atoms with Gasteiger partial charge in [-0.15, -0.1) is 0 Å². The lowest BCUT2D eigenvalue weighted by Crippen LogP contribution is -2.02. The molecule has 0 saturated heterocycles. The number of rotatable bonds is 4. The van der Waals surface area contributed by atoms with Gasteiger partial charge in [-0.2, -0.15) is 0 Å². The minimum absolute atomic E-state index is 0.205. The van der Waals surface area contributed by atoms with Crippen LogP contribution in [0.1, 0.15) is 23.4 Å². The Morgan fingerprint density at radius 3 is 2.67 bits per heavy atom. The van der Waals surface area contributed by atoms with Crippen LogP contribution in [0.15, 0.2) is 30.3 Å². The molecular weight excluding hydrogens is 227 g/mol. The summed E-state index contributed by atoms with van der Waals surface area (Å²) in [5.41, 5.74) is 10.0. The molecule has 96 valence electrons. The van der Waals surface area contributed by atoms with Crippen LogP contribution in [0.4, 0.5) is 4.39 Å². The molecule has 0 aliphatic heterocycles. The number of nitrogens with zero attached hydrogens (tertiary/aromatic N) is 1. The Labute approximate surface area is 107 Å². The average Bonchev–Trinajstić information content (AvgIpc) is 2.62. The first-order valence-corrected chi connectivity index (χ1v) is 6.27. The lowest BCUT2D eigenvalue weighted by atomic mass is 10.1. The summed E-state index contributed by atoms with van der Waals surface area (Å²) in [5, 5.41) is 0. The zero-order valence-electron chi connectivity index (χ0n) is 10.9. The smallest absolute Gasteiger partial charge is 0.125 e. The summed E-state index contributed by atoms with van der Waals surface area (Å²) in [6.45, 7) is 4.82. The molecule has 0 fully saturated rings. The molecule has 0 spiro atoms. The Kier molecular flexibility index (Phi) is 3.82. The molecule has 0 aliphatic carbocycles. The molecule has 3 heteroatoms. The summed E-state index contributed by atoms with van der Waals surface area (Å²) in [7, 11) is 0. The molecule has 2 nitrogen and oxygen atoms in total. The number of benzene rings is 1. The van der Waals surface area contributed by atoms with Gasteiger partial charge in [0.1, 0.15) is 5.82 Å². The van der Waals surface area contributed by atoms with E-state index in [0.29, 0.717) is 6.54 Å². The fourth-order valence-corrected chi connectivity index (χ4v) is 2.39. The van der Waals surface area contributed by atoms with E-state index in [1.54, 1.807) is 12.1 Å². The van der Waals surface area contributed by atoms with Gasteiger partial charge in [0, 0.05) is 17.1 Å². The molecule has 0 radical (unpaired) electrons. The van der Waals surface area contributed by atoms with Crippen molar-refractivity contribution in [3.63, 3.8) is 0 Å². The summed E-state index contributed by atoms with van der Waals surface area (Å²) < 4.78 is 15.4. The van der Waals surface area contributed by atoms with Crippen LogP contribution in [-0.2, 0) is 6.42 Å². The standard InChI is InChI=1S/C15H19FN2/c1-11-9-13(5-4-8-17)12(2)18(11)15-7-3-6-14(16)10-15/h3,6-7,9-10H,4-5,8,17H2,1-2H3. The van der Waals surface area contributed by atoms with E-state index < -0.39 is 0 Å². The van der Waals surface area contributed by atoms with Gasteiger partial charge in [0.15, 0.2) is 0 Å². The van der Waals surface area contributed by atoms with Gasteiger partial charge in [-0.25, -0.2) is 4.39 Å². The Morgan fingerprint density at radius 2 is 2.00 bits per heavy atom. The first kappa shape index (κ1) is 12.8. The van der Waals surface area contributed by atoms with Crippen molar-refractivity contribution in [2.24, 2.45) is 5.73 Å². The van der Waals surface area contributed by atoms with Crippen LogP contribution >= 0.6 is 0 Å². The Balaban J connectivity index is 2.42. The van der Waals surface area contributed by atoms with Crippen LogP contribution in [0.25, 0.3) is 5.69 Å². The van der Waals surface area contributed by atoms with E-state index >= 15 is 0 Å². The van der Waals surface area contributed by atoms with E-state index in [-0.39, 0.29) is 5.82 Å². The lowest BCUT2D eigenvalue weighted by Gasteiger charge is -2.10. The topological polar surface area (TPSA) is 30.9 Å². The van der Waals surface area contributed by atoms with Gasteiger partial charge >= 0.3 is 0 Å². The second kappa shape index (κ2) is 5.36. The monoisotopic (exact) mass is 246 g/mol. The molecule has 2 N–H and O–H groups in total. The minimum atomic E-state index is -0.205. The maximum absolute atomic E-state index is 13.3. The highest BCUT2D eigenvalue weighted by Gasteiger charge is 2.10. The highest BCUT2D eigenvalue weighted by molar-refractivity contribution is 5.41. The van der Waals surface area contributed by atoms with E-state index in [1.807, 2.05) is 13.0 Å². The summed E-state index contributed by atoms with van der Waals surface area (Å²) in [5.74, 6) is -0.205. The van der Waals surface area contributed by atoms with Crippen molar-refractivity contribution in [3.8, 4) is 5.69 Å². The van der Waals surface area contributed by atoms with Gasteiger partial charge in [0.25, 0.3) is 0 Å². The summed E-state index contributed by atoms with van der Waals surface area (Å²) in [6.07, 6.45) is 1.96. The van der Waals surface area contributed by atoms with Crippen molar-refractivity contribution in [1.82, 2.24) is 4.57 Å². The van der Waals surface area contributed by atoms with Crippen molar-refractivity contribution >= 4 is 0 Å². The third-order valence-electron chi connectivity index (χ3n) is 3.25. The van der Waals surface area contributed by atoms with Crippen LogP contribution in [0.5, 0.6) is 0 Å². The van der Waals surface area contributed by atoms with Crippen molar-refractivity contribution < 1.29 is 4.39 Å². The van der Waals surface area contributed by atoms with E-state index in [9.17, 15) is 4.39 Å². The number of aryl methyl sites for hydroxylation is 2. The predicted octanol–water partition coefficient (Wildman–Crippen LogP) is 3.12. The van der Waals surface area contributed by atoms with Crippen LogP contribution in [-0.4, -0.2) is 11.1 Å². The van der Waals surface area contributed by atoms with Crippen LogP contribution in [0, 0.1) is 19.7 Å². The van der Waals surface area contributed by atoms with E-state index in [1.165, 1.54) is 17.3 Å². The third-order valence-corrected chi connectivity index (χ3v) is 3.25. The molecule has 2 rings (SSSR count). The number of aromatic nitrogens is 1. The minimum Gasteiger partial charge on any atom is -0.330 e. The highest BCUT2D eigenvalue weighted by atomic mass is 19.1. The van der Waals surface area contributed by atoms with Gasteiger partial charge in [-0.05, 0) is 63.1 Å². The van der Waals surface area contributed by atoms with E-state index in [4.69, 9.17) is 5.73 Å². The van der Waals surface area contributed by atoms with Crippen molar-refractivity contribution in [2.75, 3.05) is 6.54 Å². The average molecular weight is 246 g/mol. The number of hydrogen-bond acceptors (Lipinski definition) is 1. The lowest BCUT2D eigenvalue weighted by molar-refractivity contribution is 0.626. The third kappa shape index (κ3) is 2.46. The number of hydrogen-bond donors (Lipinski definition) is 1. The van der Waals surface area contributed by atoms with Crippen molar-refractivity contribution in [2.45, 2.75) is 26.7 Å². The Bertz CT molecular complexity index is 543. The zero-order chi connectivity index (χ0) is 13.1. The summed E-state index contributed by atoms with van der Waals surface area (Å²) in [4.78, 5) is 0. The number of halogens is 1. The molecular formula is C15H19FN2. The van der Waals surface area contributed by atoms with Gasteiger partial charge < -0.3 is 10.3 Å². The number of nitrogens with two attached hydrogens (primary N) is 1. The molecule has 2 aromatic rings. The predicted molar refractivity (Wildman–Crippen MR) is 72.6 cm³/mol. The molecule has 1 aromatic heterocycles. The molecule has 1 heterocycles. The molecule has 0 atom stereocenters. The van der Waals surface area contributed by atoms with Crippen molar-refractivity contribution in [1.29, 1.82) is 0 Å². The summed E-state index contributed by atoms with van der Waals surface area (Å²) >= 11 is 0. The molecule has 0 saturated carbocycles. The fourth-order valence-electron chi connectivity index (χ4n) is 2.39. The van der Waals surface area contributed by atoms with Gasteiger partial charge in [0.2, 0.25) is 0 Å². The molecule has 0 bridgehead atoms. The normalized spacial score (nSPS) is 10.9. The largest absolute Gasteiger partial charge is 0.330 e. The molecule has 1 aromatic carbocycles. The first-order chi connectivity index (χ1) is 8.63. The molecule has 0 amide bonds. The Hall–Kier alpha value is -1.61. The van der Waals surface area contributed by atoms with Crippen LogP contribution < -0.4 is 5.73 Å². The second-order valence-corrected chi connectivity index (χ2v) is 4.60. The van der Waals surface area contributed by atoms with E-state index in [2.05, 4.69) is 17.6 Å². The maximum Gasteiger partial charge on any atom is 0.125 e. The molecule has 18 heavy (non-hydrogen) atoms. The zero-order valence-corrected chi connectivity index (χ0v) is 10.9. The summed E-state index contributed by atoms with van der Waals surface area (Å²) in [6, 6.07) is 8.86. The van der Waals surface area contributed by atoms with E-state index in [0.717, 1.165) is 24.2 Å². The van der Waals surface area contributed by atoms with Crippen molar-refractivity contribution in [3.05, 3.63) is 53.1 Å². The van der Waals surface area contributed by atoms with Crippen LogP contribution in [0.3, 0.4) is 0 Å². The molecule has 0 aliphatic rings. The SMILES string of the molecule is Cc1cc(CCCN)c(C)n1-c1cccc(F)c1. The quantitative estimate of drug-likeness (QED) is 0.882.